The molecule has 0 atom stereocenters. The molecule has 0 saturated carbocycles. The van der Waals surface area contributed by atoms with Gasteiger partial charge >= 0.3 is 6.09 Å². The summed E-state index contributed by atoms with van der Waals surface area (Å²) in [6.07, 6.45) is -0.401. The highest BCUT2D eigenvalue weighted by molar-refractivity contribution is 5.93. The van der Waals surface area contributed by atoms with Gasteiger partial charge in [0.1, 0.15) is 0 Å². The van der Waals surface area contributed by atoms with Crippen molar-refractivity contribution in [2.75, 3.05) is 32.8 Å². The van der Waals surface area contributed by atoms with Crippen molar-refractivity contribution in [2.24, 2.45) is 0 Å². The lowest BCUT2D eigenvalue weighted by Crippen LogP contribution is -2.50. The molecule has 1 saturated heterocycles. The van der Waals surface area contributed by atoms with Gasteiger partial charge in [0.05, 0.1) is 6.61 Å². The zero-order valence-electron chi connectivity index (χ0n) is 14.1. The molecular weight excluding hydrogens is 348 g/mol. The fourth-order valence-electron chi connectivity index (χ4n) is 2.63. The van der Waals surface area contributed by atoms with E-state index >= 15 is 0 Å². The number of aromatic nitrogens is 1. The van der Waals surface area contributed by atoms with Crippen LogP contribution in [0, 0.1) is 11.6 Å². The highest BCUT2D eigenvalue weighted by Crippen LogP contribution is 2.23. The summed E-state index contributed by atoms with van der Waals surface area (Å²) < 4.78 is 36.3. The van der Waals surface area contributed by atoms with Crippen LogP contribution in [-0.4, -0.2) is 59.7 Å². The molecule has 0 radical (unpaired) electrons. The third kappa shape index (κ3) is 3.66. The van der Waals surface area contributed by atoms with Gasteiger partial charge in [-0.25, -0.2) is 13.6 Å². The molecule has 0 aliphatic carbocycles. The Morgan fingerprint density at radius 1 is 1.12 bits per heavy atom. The van der Waals surface area contributed by atoms with E-state index in [1.165, 1.54) is 17.0 Å². The van der Waals surface area contributed by atoms with Gasteiger partial charge in [0.25, 0.3) is 5.91 Å². The van der Waals surface area contributed by atoms with Crippen molar-refractivity contribution in [2.45, 2.75) is 6.92 Å². The number of hydrogen-bond acceptors (Lipinski definition) is 5. The Bertz CT molecular complexity index is 816. The lowest BCUT2D eigenvalue weighted by molar-refractivity contribution is 0.0562. The number of halogens is 2. The number of rotatable bonds is 3. The van der Waals surface area contributed by atoms with E-state index < -0.39 is 17.7 Å². The van der Waals surface area contributed by atoms with Gasteiger partial charge in [0, 0.05) is 37.8 Å². The molecule has 1 aromatic carbocycles. The summed E-state index contributed by atoms with van der Waals surface area (Å²) >= 11 is 0. The average Bonchev–Trinajstić information content (AvgIpc) is 3.14. The predicted molar refractivity (Wildman–Crippen MR) is 86.4 cm³/mol. The normalized spacial score (nSPS) is 14.4. The maximum atomic E-state index is 13.3. The Morgan fingerprint density at radius 3 is 2.46 bits per heavy atom. The van der Waals surface area contributed by atoms with E-state index in [4.69, 9.17) is 9.26 Å². The summed E-state index contributed by atoms with van der Waals surface area (Å²) in [5, 5.41) is 3.72. The number of carbonyl (C=O) groups excluding carboxylic acids is 2. The van der Waals surface area contributed by atoms with Crippen LogP contribution in [0.1, 0.15) is 17.4 Å². The molecule has 0 spiro atoms. The van der Waals surface area contributed by atoms with Crippen LogP contribution in [0.4, 0.5) is 13.6 Å². The second-order valence-corrected chi connectivity index (χ2v) is 5.68. The van der Waals surface area contributed by atoms with Gasteiger partial charge in [0.15, 0.2) is 23.1 Å². The molecule has 3 rings (SSSR count). The second kappa shape index (κ2) is 7.51. The summed E-state index contributed by atoms with van der Waals surface area (Å²) in [5.74, 6) is -2.17. The molecule has 1 aromatic heterocycles. The fourth-order valence-corrected chi connectivity index (χ4v) is 2.63. The summed E-state index contributed by atoms with van der Waals surface area (Å²) in [5.41, 5.74) is 0.344. The van der Waals surface area contributed by atoms with E-state index in [9.17, 15) is 18.4 Å². The number of nitrogens with zero attached hydrogens (tertiary/aromatic N) is 3. The van der Waals surface area contributed by atoms with Crippen molar-refractivity contribution in [1.29, 1.82) is 0 Å². The zero-order chi connectivity index (χ0) is 18.7. The van der Waals surface area contributed by atoms with Crippen molar-refractivity contribution < 1.29 is 27.6 Å². The van der Waals surface area contributed by atoms with E-state index in [1.807, 2.05) is 0 Å². The first-order valence-corrected chi connectivity index (χ1v) is 8.12. The monoisotopic (exact) mass is 365 g/mol. The molecule has 0 bridgehead atoms. The van der Waals surface area contributed by atoms with Crippen LogP contribution in [0.25, 0.3) is 11.3 Å². The van der Waals surface area contributed by atoms with Crippen LogP contribution in [0.15, 0.2) is 28.8 Å². The molecular formula is C17H17F2N3O4. The van der Waals surface area contributed by atoms with E-state index in [2.05, 4.69) is 5.16 Å². The lowest BCUT2D eigenvalue weighted by Gasteiger charge is -2.33. The minimum Gasteiger partial charge on any atom is -0.450 e. The van der Waals surface area contributed by atoms with Crippen LogP contribution in [0.5, 0.6) is 0 Å². The summed E-state index contributed by atoms with van der Waals surface area (Å²) in [4.78, 5) is 27.2. The second-order valence-electron chi connectivity index (χ2n) is 5.68. The number of carbonyl (C=O) groups is 2. The van der Waals surface area contributed by atoms with Gasteiger partial charge in [-0.15, -0.1) is 0 Å². The Labute approximate surface area is 148 Å². The molecule has 9 heteroatoms. The van der Waals surface area contributed by atoms with Crippen LogP contribution in [0.2, 0.25) is 0 Å². The highest BCUT2D eigenvalue weighted by Gasteiger charge is 2.27. The summed E-state index contributed by atoms with van der Waals surface area (Å²) in [7, 11) is 0. The van der Waals surface area contributed by atoms with E-state index in [0.717, 1.165) is 12.1 Å². The molecule has 0 unspecified atom stereocenters. The van der Waals surface area contributed by atoms with E-state index in [-0.39, 0.29) is 22.9 Å². The van der Waals surface area contributed by atoms with Crippen molar-refractivity contribution >= 4 is 12.0 Å². The van der Waals surface area contributed by atoms with Gasteiger partial charge in [0.2, 0.25) is 0 Å². The number of amides is 2. The summed E-state index contributed by atoms with van der Waals surface area (Å²) in [6.45, 7) is 3.42. The first kappa shape index (κ1) is 17.8. The topological polar surface area (TPSA) is 75.9 Å². The molecule has 7 nitrogen and oxygen atoms in total. The molecule has 138 valence electrons. The maximum Gasteiger partial charge on any atom is 0.409 e. The standard InChI is InChI=1S/C17H17F2N3O4/c1-2-25-17(24)22-7-5-21(6-8-22)16(23)14-10-15(26-20-14)11-3-4-12(18)13(19)9-11/h3-4,9-10H,2,5-8H2,1H3. The third-order valence-corrected chi connectivity index (χ3v) is 4.03. The molecule has 1 aliphatic rings. The first-order valence-electron chi connectivity index (χ1n) is 8.12. The molecule has 1 aliphatic heterocycles. The van der Waals surface area contributed by atoms with Crippen molar-refractivity contribution in [1.82, 2.24) is 15.0 Å². The van der Waals surface area contributed by atoms with Gasteiger partial charge in [-0.3, -0.25) is 4.79 Å². The van der Waals surface area contributed by atoms with Crippen molar-refractivity contribution in [3.05, 3.63) is 41.6 Å². The quantitative estimate of drug-likeness (QED) is 0.836. The van der Waals surface area contributed by atoms with E-state index in [1.54, 1.807) is 11.8 Å². The minimum absolute atomic E-state index is 0.0642. The van der Waals surface area contributed by atoms with Crippen LogP contribution >= 0.6 is 0 Å². The summed E-state index contributed by atoms with van der Waals surface area (Å²) in [6, 6.07) is 4.67. The number of piperazine rings is 1. The smallest absolute Gasteiger partial charge is 0.409 e. The number of hydrogen-bond donors (Lipinski definition) is 0. The SMILES string of the molecule is CCOC(=O)N1CCN(C(=O)c2cc(-c3ccc(F)c(F)c3)on2)CC1. The molecule has 2 aromatic rings. The van der Waals surface area contributed by atoms with E-state index in [0.29, 0.717) is 32.8 Å². The Kier molecular flexibility index (Phi) is 5.15. The van der Waals surface area contributed by atoms with Crippen LogP contribution < -0.4 is 0 Å². The minimum atomic E-state index is -1.01. The van der Waals surface area contributed by atoms with Crippen molar-refractivity contribution in [3.8, 4) is 11.3 Å². The molecule has 2 heterocycles. The first-order chi connectivity index (χ1) is 12.5. The van der Waals surface area contributed by atoms with Gasteiger partial charge in [-0.2, -0.15) is 0 Å². The Morgan fingerprint density at radius 2 is 1.81 bits per heavy atom. The fraction of sp³-hybridized carbons (Fsp3) is 0.353. The van der Waals surface area contributed by atoms with Gasteiger partial charge in [-0.1, -0.05) is 5.16 Å². The average molecular weight is 365 g/mol. The molecule has 26 heavy (non-hydrogen) atoms. The van der Waals surface area contributed by atoms with Gasteiger partial charge in [-0.05, 0) is 25.1 Å². The highest BCUT2D eigenvalue weighted by atomic mass is 19.2. The largest absolute Gasteiger partial charge is 0.450 e. The van der Waals surface area contributed by atoms with Crippen LogP contribution in [-0.2, 0) is 4.74 Å². The predicted octanol–water partition coefficient (Wildman–Crippen LogP) is 2.53. The molecule has 2 amide bonds. The number of benzene rings is 1. The molecule has 1 fully saturated rings. The van der Waals surface area contributed by atoms with Crippen LogP contribution in [0.3, 0.4) is 0 Å². The third-order valence-electron chi connectivity index (χ3n) is 4.03. The lowest BCUT2D eigenvalue weighted by atomic mass is 10.1. The van der Waals surface area contributed by atoms with Gasteiger partial charge < -0.3 is 19.1 Å². The maximum absolute atomic E-state index is 13.3. The zero-order valence-corrected chi connectivity index (χ0v) is 14.1. The molecule has 0 N–H and O–H groups in total. The van der Waals surface area contributed by atoms with Crippen molar-refractivity contribution in [3.63, 3.8) is 0 Å². The Hall–Kier alpha value is -2.97. The Balaban J connectivity index is 1.65. The number of ether oxygens (including phenoxy) is 1.